The Kier molecular flexibility index (Phi) is 6.61. The third-order valence-electron chi connectivity index (χ3n) is 3.20. The molecule has 0 aliphatic heterocycles. The van der Waals surface area contributed by atoms with Crippen LogP contribution in [0.1, 0.15) is 16.7 Å². The van der Waals surface area contributed by atoms with E-state index in [1.807, 2.05) is 36.4 Å². The van der Waals surface area contributed by atoms with E-state index in [4.69, 9.17) is 14.2 Å². The van der Waals surface area contributed by atoms with Crippen molar-refractivity contribution >= 4 is 15.9 Å². The summed E-state index contributed by atoms with van der Waals surface area (Å²) in [4.78, 5) is 0. The maximum absolute atomic E-state index is 5.33. The summed E-state index contributed by atoms with van der Waals surface area (Å²) >= 11 is 3.28. The first-order chi connectivity index (χ1) is 11.7. The van der Waals surface area contributed by atoms with E-state index in [0.717, 1.165) is 16.7 Å². The SMILES string of the molecule is COc1cc(C#Cc2ccc(C#CCBr)cc2)cc(OC)c1OC. The van der Waals surface area contributed by atoms with Crippen molar-refractivity contribution < 1.29 is 14.2 Å². The Labute approximate surface area is 151 Å². The van der Waals surface area contributed by atoms with Crippen LogP contribution in [-0.2, 0) is 0 Å². The molecule has 0 radical (unpaired) electrons. The van der Waals surface area contributed by atoms with Crippen molar-refractivity contribution in [1.82, 2.24) is 0 Å². The van der Waals surface area contributed by atoms with Gasteiger partial charge in [-0.3, -0.25) is 0 Å². The highest BCUT2D eigenvalue weighted by atomic mass is 79.9. The average molecular weight is 385 g/mol. The van der Waals surface area contributed by atoms with Crippen molar-refractivity contribution in [3.63, 3.8) is 0 Å². The zero-order valence-electron chi connectivity index (χ0n) is 13.8. The van der Waals surface area contributed by atoms with Gasteiger partial charge < -0.3 is 14.2 Å². The predicted octanol–water partition coefficient (Wildman–Crippen LogP) is 3.86. The van der Waals surface area contributed by atoms with Crippen molar-refractivity contribution in [3.05, 3.63) is 53.1 Å². The fraction of sp³-hybridized carbons (Fsp3) is 0.200. The van der Waals surface area contributed by atoms with E-state index in [-0.39, 0.29) is 0 Å². The summed E-state index contributed by atoms with van der Waals surface area (Å²) in [5.41, 5.74) is 2.66. The van der Waals surface area contributed by atoms with Crippen LogP contribution in [0.3, 0.4) is 0 Å². The van der Waals surface area contributed by atoms with Gasteiger partial charge in [-0.2, -0.15) is 0 Å². The van der Waals surface area contributed by atoms with Gasteiger partial charge in [-0.25, -0.2) is 0 Å². The maximum atomic E-state index is 5.33. The smallest absolute Gasteiger partial charge is 0.203 e. The predicted molar refractivity (Wildman–Crippen MR) is 99.2 cm³/mol. The van der Waals surface area contributed by atoms with Crippen LogP contribution in [0.25, 0.3) is 0 Å². The highest BCUT2D eigenvalue weighted by Crippen LogP contribution is 2.37. The van der Waals surface area contributed by atoms with Crippen molar-refractivity contribution in [2.75, 3.05) is 26.7 Å². The van der Waals surface area contributed by atoms with E-state index < -0.39 is 0 Å². The number of rotatable bonds is 3. The number of methoxy groups -OCH3 is 3. The molecule has 0 saturated heterocycles. The zero-order chi connectivity index (χ0) is 17.4. The first-order valence-corrected chi connectivity index (χ1v) is 8.31. The van der Waals surface area contributed by atoms with Gasteiger partial charge in [0.25, 0.3) is 0 Å². The molecule has 0 spiro atoms. The molecule has 0 aliphatic rings. The van der Waals surface area contributed by atoms with Gasteiger partial charge in [-0.05, 0) is 36.4 Å². The minimum atomic E-state index is 0.556. The van der Waals surface area contributed by atoms with E-state index >= 15 is 0 Å². The van der Waals surface area contributed by atoms with E-state index in [2.05, 4.69) is 39.6 Å². The van der Waals surface area contributed by atoms with Gasteiger partial charge in [0.2, 0.25) is 5.75 Å². The minimum Gasteiger partial charge on any atom is -0.493 e. The molecule has 122 valence electrons. The number of ether oxygens (including phenoxy) is 3. The first kappa shape index (κ1) is 17.8. The molecular formula is C20H17BrO3. The van der Waals surface area contributed by atoms with Crippen molar-refractivity contribution in [2.45, 2.75) is 0 Å². The molecule has 2 rings (SSSR count). The molecule has 0 fully saturated rings. The average Bonchev–Trinajstić information content (AvgIpc) is 2.64. The molecule has 2 aromatic carbocycles. The highest BCUT2D eigenvalue weighted by molar-refractivity contribution is 9.09. The molecule has 0 aromatic heterocycles. The first-order valence-electron chi connectivity index (χ1n) is 7.18. The molecule has 0 unspecified atom stereocenters. The standard InChI is InChI=1S/C20H17BrO3/c1-22-18-13-17(14-19(23-2)20(18)24-3)11-10-16-8-6-15(7-9-16)5-4-12-21/h6-9,13-14H,12H2,1-3H3. The van der Waals surface area contributed by atoms with Gasteiger partial charge in [0.15, 0.2) is 11.5 Å². The van der Waals surface area contributed by atoms with Crippen LogP contribution in [0, 0.1) is 23.7 Å². The van der Waals surface area contributed by atoms with Crippen LogP contribution in [-0.4, -0.2) is 26.7 Å². The molecule has 0 amide bonds. The van der Waals surface area contributed by atoms with Crippen molar-refractivity contribution in [1.29, 1.82) is 0 Å². The number of benzene rings is 2. The third-order valence-corrected chi connectivity index (χ3v) is 3.48. The quantitative estimate of drug-likeness (QED) is 0.593. The normalized spacial score (nSPS) is 9.17. The topological polar surface area (TPSA) is 27.7 Å². The Hall–Kier alpha value is -2.56. The summed E-state index contributed by atoms with van der Waals surface area (Å²) in [6, 6.07) is 11.4. The summed E-state index contributed by atoms with van der Waals surface area (Å²) in [5.74, 6) is 14.0. The van der Waals surface area contributed by atoms with Gasteiger partial charge in [-0.15, -0.1) is 0 Å². The van der Waals surface area contributed by atoms with E-state index in [9.17, 15) is 0 Å². The molecule has 0 N–H and O–H groups in total. The van der Waals surface area contributed by atoms with Gasteiger partial charge in [-0.1, -0.05) is 39.6 Å². The van der Waals surface area contributed by atoms with E-state index in [1.165, 1.54) is 0 Å². The largest absolute Gasteiger partial charge is 0.493 e. The molecule has 0 heterocycles. The Balaban J connectivity index is 2.30. The number of alkyl halides is 1. The fourth-order valence-electron chi connectivity index (χ4n) is 2.07. The summed E-state index contributed by atoms with van der Waals surface area (Å²) < 4.78 is 16.0. The van der Waals surface area contributed by atoms with Crippen LogP contribution >= 0.6 is 15.9 Å². The zero-order valence-corrected chi connectivity index (χ0v) is 15.4. The van der Waals surface area contributed by atoms with Gasteiger partial charge >= 0.3 is 0 Å². The molecule has 0 saturated carbocycles. The lowest BCUT2D eigenvalue weighted by Gasteiger charge is -2.12. The second-order valence-corrected chi connectivity index (χ2v) is 5.24. The lowest BCUT2D eigenvalue weighted by Crippen LogP contribution is -1.95. The van der Waals surface area contributed by atoms with Crippen LogP contribution in [0.4, 0.5) is 0 Å². The molecular weight excluding hydrogens is 368 g/mol. The lowest BCUT2D eigenvalue weighted by atomic mass is 10.1. The fourth-order valence-corrected chi connectivity index (χ4v) is 2.21. The monoisotopic (exact) mass is 384 g/mol. The molecule has 0 bridgehead atoms. The lowest BCUT2D eigenvalue weighted by molar-refractivity contribution is 0.324. The van der Waals surface area contributed by atoms with Crippen molar-refractivity contribution in [2.24, 2.45) is 0 Å². The second-order valence-electron chi connectivity index (χ2n) is 4.68. The maximum Gasteiger partial charge on any atom is 0.203 e. The van der Waals surface area contributed by atoms with Crippen molar-refractivity contribution in [3.8, 4) is 40.9 Å². The molecule has 0 aliphatic carbocycles. The summed E-state index contributed by atoms with van der Waals surface area (Å²) in [7, 11) is 4.74. The molecule has 0 atom stereocenters. The summed E-state index contributed by atoms with van der Waals surface area (Å²) in [6.45, 7) is 0. The Bertz CT molecular complexity index is 793. The summed E-state index contributed by atoms with van der Waals surface area (Å²) in [6.07, 6.45) is 0. The van der Waals surface area contributed by atoms with E-state index in [0.29, 0.717) is 22.6 Å². The number of halogens is 1. The number of hydrogen-bond acceptors (Lipinski definition) is 3. The van der Waals surface area contributed by atoms with Crippen LogP contribution in [0.5, 0.6) is 17.2 Å². The Morgan fingerprint density at radius 2 is 1.25 bits per heavy atom. The molecule has 24 heavy (non-hydrogen) atoms. The van der Waals surface area contributed by atoms with Crippen LogP contribution < -0.4 is 14.2 Å². The number of hydrogen-bond donors (Lipinski definition) is 0. The highest BCUT2D eigenvalue weighted by Gasteiger charge is 2.12. The van der Waals surface area contributed by atoms with Gasteiger partial charge in [0.1, 0.15) is 0 Å². The molecule has 4 heteroatoms. The van der Waals surface area contributed by atoms with Crippen LogP contribution in [0.15, 0.2) is 36.4 Å². The molecule has 2 aromatic rings. The molecule has 3 nitrogen and oxygen atoms in total. The minimum absolute atomic E-state index is 0.556. The van der Waals surface area contributed by atoms with Gasteiger partial charge in [0, 0.05) is 16.7 Å². The summed E-state index contributed by atoms with van der Waals surface area (Å²) in [5, 5.41) is 0.662. The van der Waals surface area contributed by atoms with E-state index in [1.54, 1.807) is 21.3 Å². The third kappa shape index (κ3) is 4.47. The Morgan fingerprint density at radius 3 is 1.71 bits per heavy atom. The van der Waals surface area contributed by atoms with Gasteiger partial charge in [0.05, 0.1) is 26.7 Å². The second kappa shape index (κ2) is 8.91. The van der Waals surface area contributed by atoms with Crippen LogP contribution in [0.2, 0.25) is 0 Å². The Morgan fingerprint density at radius 1 is 0.750 bits per heavy atom.